The lowest BCUT2D eigenvalue weighted by Crippen LogP contribution is -2.39. The Bertz CT molecular complexity index is 406. The summed E-state index contributed by atoms with van der Waals surface area (Å²) in [6.07, 6.45) is 7.03. The standard InChI is InChI=1S/C15H28N4S.HI/c1-5-7-8-13(6-2)9-18-15(16-4)19-11-14-10-17-12(3)20-14;/h10,13H,5-9,11H2,1-4H3,(H2,16,18,19);1H. The number of hydrogen-bond donors (Lipinski definition) is 2. The Labute approximate surface area is 150 Å². The second kappa shape index (κ2) is 12.2. The van der Waals surface area contributed by atoms with E-state index >= 15 is 0 Å². The third-order valence-electron chi connectivity index (χ3n) is 3.42. The average Bonchev–Trinajstić information content (AvgIpc) is 2.87. The molecule has 4 nitrogen and oxygen atoms in total. The smallest absolute Gasteiger partial charge is 0.191 e. The van der Waals surface area contributed by atoms with Crippen molar-refractivity contribution in [3.05, 3.63) is 16.1 Å². The Morgan fingerprint density at radius 3 is 2.67 bits per heavy atom. The van der Waals surface area contributed by atoms with E-state index in [0.29, 0.717) is 0 Å². The first-order chi connectivity index (χ1) is 9.69. The van der Waals surface area contributed by atoms with Gasteiger partial charge >= 0.3 is 0 Å². The zero-order chi connectivity index (χ0) is 14.8. The third kappa shape index (κ3) is 8.60. The molecule has 1 aromatic heterocycles. The van der Waals surface area contributed by atoms with Gasteiger partial charge in [0.2, 0.25) is 0 Å². The first-order valence-electron chi connectivity index (χ1n) is 7.55. The molecule has 0 spiro atoms. The molecular formula is C15H29IN4S. The maximum atomic E-state index is 4.28. The van der Waals surface area contributed by atoms with Crippen molar-refractivity contribution < 1.29 is 0 Å². The predicted molar refractivity (Wildman–Crippen MR) is 104 cm³/mol. The summed E-state index contributed by atoms with van der Waals surface area (Å²) >= 11 is 1.72. The molecule has 1 aromatic rings. The minimum absolute atomic E-state index is 0. The van der Waals surface area contributed by atoms with E-state index < -0.39 is 0 Å². The molecule has 1 heterocycles. The van der Waals surface area contributed by atoms with E-state index in [1.807, 2.05) is 20.2 Å². The van der Waals surface area contributed by atoms with E-state index in [1.165, 1.54) is 30.6 Å². The molecule has 1 unspecified atom stereocenters. The molecule has 6 heteroatoms. The summed E-state index contributed by atoms with van der Waals surface area (Å²) in [6.45, 7) is 8.33. The van der Waals surface area contributed by atoms with E-state index in [-0.39, 0.29) is 24.0 Å². The molecule has 0 aliphatic heterocycles. The summed E-state index contributed by atoms with van der Waals surface area (Å²) in [5.74, 6) is 1.62. The summed E-state index contributed by atoms with van der Waals surface area (Å²) in [5, 5.41) is 7.88. The van der Waals surface area contributed by atoms with Gasteiger partial charge in [-0.25, -0.2) is 4.98 Å². The molecule has 0 aliphatic carbocycles. The van der Waals surface area contributed by atoms with Crippen LogP contribution in [-0.4, -0.2) is 24.5 Å². The normalized spacial score (nSPS) is 12.7. The number of nitrogens with one attached hydrogen (secondary N) is 2. The Morgan fingerprint density at radius 2 is 2.14 bits per heavy atom. The maximum absolute atomic E-state index is 4.28. The highest BCUT2D eigenvalue weighted by Crippen LogP contribution is 2.12. The topological polar surface area (TPSA) is 49.3 Å². The Balaban J connectivity index is 0.00000400. The number of guanidine groups is 1. The van der Waals surface area contributed by atoms with Crippen LogP contribution in [0.2, 0.25) is 0 Å². The van der Waals surface area contributed by atoms with Crippen molar-refractivity contribution in [1.29, 1.82) is 0 Å². The van der Waals surface area contributed by atoms with Crippen LogP contribution in [0.5, 0.6) is 0 Å². The minimum atomic E-state index is 0. The molecule has 0 fully saturated rings. The highest BCUT2D eigenvalue weighted by molar-refractivity contribution is 14.0. The molecular weight excluding hydrogens is 395 g/mol. The Hall–Kier alpha value is -0.370. The molecule has 0 aliphatic rings. The van der Waals surface area contributed by atoms with Gasteiger partial charge in [-0.05, 0) is 19.3 Å². The largest absolute Gasteiger partial charge is 0.356 e. The molecule has 1 rings (SSSR count). The molecule has 0 saturated carbocycles. The van der Waals surface area contributed by atoms with Crippen LogP contribution in [0.3, 0.4) is 0 Å². The van der Waals surface area contributed by atoms with Crippen molar-refractivity contribution in [2.24, 2.45) is 10.9 Å². The van der Waals surface area contributed by atoms with Crippen molar-refractivity contribution in [3.63, 3.8) is 0 Å². The van der Waals surface area contributed by atoms with Crippen molar-refractivity contribution in [2.75, 3.05) is 13.6 Å². The second-order valence-corrected chi connectivity index (χ2v) is 6.39. The van der Waals surface area contributed by atoms with E-state index in [1.54, 1.807) is 11.3 Å². The lowest BCUT2D eigenvalue weighted by atomic mass is 9.99. The Morgan fingerprint density at radius 1 is 1.38 bits per heavy atom. The van der Waals surface area contributed by atoms with Gasteiger partial charge in [0.15, 0.2) is 5.96 Å². The van der Waals surface area contributed by atoms with Crippen LogP contribution in [0.15, 0.2) is 11.2 Å². The zero-order valence-corrected chi connectivity index (χ0v) is 16.8. The molecule has 0 saturated heterocycles. The molecule has 0 radical (unpaired) electrons. The summed E-state index contributed by atoms with van der Waals surface area (Å²) < 4.78 is 0. The number of aliphatic imine (C=N–C) groups is 1. The van der Waals surface area contributed by atoms with E-state index in [2.05, 4.69) is 34.5 Å². The monoisotopic (exact) mass is 424 g/mol. The lowest BCUT2D eigenvalue weighted by Gasteiger charge is -2.17. The van der Waals surface area contributed by atoms with Gasteiger partial charge in [-0.1, -0.05) is 33.1 Å². The van der Waals surface area contributed by atoms with Gasteiger partial charge in [-0.15, -0.1) is 35.3 Å². The number of thiazole rings is 1. The first kappa shape index (κ1) is 20.6. The number of rotatable bonds is 8. The van der Waals surface area contributed by atoms with Crippen LogP contribution in [0, 0.1) is 12.8 Å². The lowest BCUT2D eigenvalue weighted by molar-refractivity contribution is 0.443. The van der Waals surface area contributed by atoms with Crippen LogP contribution < -0.4 is 10.6 Å². The van der Waals surface area contributed by atoms with Gasteiger partial charge in [0, 0.05) is 24.7 Å². The second-order valence-electron chi connectivity index (χ2n) is 5.07. The van der Waals surface area contributed by atoms with Crippen molar-refractivity contribution in [3.8, 4) is 0 Å². The fraction of sp³-hybridized carbons (Fsp3) is 0.733. The number of unbranched alkanes of at least 4 members (excludes halogenated alkanes) is 1. The summed E-state index contributed by atoms with van der Waals surface area (Å²) in [6, 6.07) is 0. The van der Waals surface area contributed by atoms with Crippen molar-refractivity contribution >= 4 is 41.3 Å². The number of halogens is 1. The zero-order valence-electron chi connectivity index (χ0n) is 13.6. The van der Waals surface area contributed by atoms with Gasteiger partial charge < -0.3 is 10.6 Å². The maximum Gasteiger partial charge on any atom is 0.191 e. The van der Waals surface area contributed by atoms with E-state index in [9.17, 15) is 0 Å². The summed E-state index contributed by atoms with van der Waals surface area (Å²) in [5.41, 5.74) is 0. The van der Waals surface area contributed by atoms with E-state index in [0.717, 1.165) is 30.0 Å². The first-order valence-corrected chi connectivity index (χ1v) is 8.37. The van der Waals surface area contributed by atoms with Gasteiger partial charge in [-0.2, -0.15) is 0 Å². The Kier molecular flexibility index (Phi) is 12.0. The molecule has 0 aromatic carbocycles. The molecule has 2 N–H and O–H groups in total. The number of aryl methyl sites for hydroxylation is 1. The summed E-state index contributed by atoms with van der Waals surface area (Å²) in [4.78, 5) is 9.77. The molecule has 21 heavy (non-hydrogen) atoms. The summed E-state index contributed by atoms with van der Waals surface area (Å²) in [7, 11) is 1.82. The number of aromatic nitrogens is 1. The number of nitrogens with zero attached hydrogens (tertiary/aromatic N) is 2. The molecule has 0 amide bonds. The third-order valence-corrected chi connectivity index (χ3v) is 4.34. The van der Waals surface area contributed by atoms with Crippen LogP contribution in [0.25, 0.3) is 0 Å². The van der Waals surface area contributed by atoms with Crippen LogP contribution in [0.1, 0.15) is 49.4 Å². The van der Waals surface area contributed by atoms with Gasteiger partial charge in [0.05, 0.1) is 11.6 Å². The van der Waals surface area contributed by atoms with Gasteiger partial charge in [0.25, 0.3) is 0 Å². The van der Waals surface area contributed by atoms with Gasteiger partial charge in [0.1, 0.15) is 0 Å². The molecule has 0 bridgehead atoms. The van der Waals surface area contributed by atoms with Crippen molar-refractivity contribution in [2.45, 2.75) is 53.0 Å². The minimum Gasteiger partial charge on any atom is -0.356 e. The average molecular weight is 424 g/mol. The van der Waals surface area contributed by atoms with Crippen LogP contribution in [-0.2, 0) is 6.54 Å². The van der Waals surface area contributed by atoms with Crippen LogP contribution in [0.4, 0.5) is 0 Å². The predicted octanol–water partition coefficient (Wildman–Crippen LogP) is 3.95. The van der Waals surface area contributed by atoms with Crippen molar-refractivity contribution in [1.82, 2.24) is 15.6 Å². The highest BCUT2D eigenvalue weighted by Gasteiger charge is 2.07. The molecule has 1 atom stereocenters. The highest BCUT2D eigenvalue weighted by atomic mass is 127. The van der Waals surface area contributed by atoms with Gasteiger partial charge in [-0.3, -0.25) is 4.99 Å². The fourth-order valence-electron chi connectivity index (χ4n) is 2.06. The quantitative estimate of drug-likeness (QED) is 0.378. The molecule has 122 valence electrons. The van der Waals surface area contributed by atoms with E-state index in [4.69, 9.17) is 0 Å². The SMILES string of the molecule is CCCCC(CC)CNC(=NC)NCc1cnc(C)s1.I. The number of hydrogen-bond acceptors (Lipinski definition) is 3. The fourth-order valence-corrected chi connectivity index (χ4v) is 2.80. The van der Waals surface area contributed by atoms with Crippen LogP contribution >= 0.6 is 35.3 Å².